The van der Waals surface area contributed by atoms with E-state index in [1.165, 1.54) is 5.56 Å². The second kappa shape index (κ2) is 5.63. The Kier molecular flexibility index (Phi) is 3.91. The van der Waals surface area contributed by atoms with E-state index in [0.717, 1.165) is 25.3 Å². The standard InChI is InChI=1S/C16H24N4O3/c1-11-12(9-17-19(11)3)10-20-6-4-16(5-7-20)13(15(22)23)8-14(21)18(16)2/h9,13H,4-8,10H2,1-3H3,(H,22,23)/t13-/m0/s1. The molecule has 0 unspecified atom stereocenters. The molecule has 0 radical (unpaired) electrons. The van der Waals surface area contributed by atoms with Crippen molar-refractivity contribution in [1.29, 1.82) is 0 Å². The second-order valence-electron chi connectivity index (χ2n) is 6.81. The fourth-order valence-electron chi connectivity index (χ4n) is 4.02. The van der Waals surface area contributed by atoms with E-state index in [0.29, 0.717) is 12.8 Å². The highest BCUT2D eigenvalue weighted by molar-refractivity contribution is 5.88. The molecule has 0 aliphatic carbocycles. The minimum Gasteiger partial charge on any atom is -0.481 e. The number of amides is 1. The Morgan fingerprint density at radius 1 is 1.39 bits per heavy atom. The zero-order valence-electron chi connectivity index (χ0n) is 13.9. The number of rotatable bonds is 3. The highest BCUT2D eigenvalue weighted by Crippen LogP contribution is 2.43. The number of hydrogen-bond acceptors (Lipinski definition) is 4. The smallest absolute Gasteiger partial charge is 0.309 e. The number of carbonyl (C=O) groups is 2. The van der Waals surface area contributed by atoms with Crippen LogP contribution in [0.2, 0.25) is 0 Å². The second-order valence-corrected chi connectivity index (χ2v) is 6.81. The van der Waals surface area contributed by atoms with E-state index in [1.807, 2.05) is 17.9 Å². The normalized spacial score (nSPS) is 24.6. The van der Waals surface area contributed by atoms with E-state index in [-0.39, 0.29) is 12.3 Å². The number of aliphatic carboxylic acids is 1. The monoisotopic (exact) mass is 320 g/mol. The Bertz CT molecular complexity index is 631. The van der Waals surface area contributed by atoms with Crippen LogP contribution in [-0.2, 0) is 23.2 Å². The summed E-state index contributed by atoms with van der Waals surface area (Å²) >= 11 is 0. The Labute approximate surface area is 135 Å². The summed E-state index contributed by atoms with van der Waals surface area (Å²) in [6, 6.07) is 0. The lowest BCUT2D eigenvalue weighted by atomic mass is 9.77. The molecule has 1 spiro atoms. The molecule has 7 heteroatoms. The van der Waals surface area contributed by atoms with Crippen molar-refractivity contribution in [3.63, 3.8) is 0 Å². The maximum absolute atomic E-state index is 12.0. The molecule has 2 saturated heterocycles. The van der Waals surface area contributed by atoms with Crippen LogP contribution in [0.5, 0.6) is 0 Å². The van der Waals surface area contributed by atoms with Gasteiger partial charge >= 0.3 is 5.97 Å². The summed E-state index contributed by atoms with van der Waals surface area (Å²) in [5, 5.41) is 13.8. The van der Waals surface area contributed by atoms with Crippen LogP contribution in [0.15, 0.2) is 6.20 Å². The third-order valence-electron chi connectivity index (χ3n) is 5.82. The Morgan fingerprint density at radius 3 is 2.57 bits per heavy atom. The van der Waals surface area contributed by atoms with Gasteiger partial charge in [-0.05, 0) is 19.8 Å². The van der Waals surface area contributed by atoms with E-state index < -0.39 is 17.4 Å². The maximum atomic E-state index is 12.0. The van der Waals surface area contributed by atoms with Crippen LogP contribution in [0, 0.1) is 12.8 Å². The first kappa shape index (κ1) is 16.0. The molecule has 1 aromatic heterocycles. The van der Waals surface area contributed by atoms with Crippen LogP contribution in [0.3, 0.4) is 0 Å². The highest BCUT2D eigenvalue weighted by Gasteiger charge is 2.55. The number of carboxylic acid groups (broad SMARTS) is 1. The van der Waals surface area contributed by atoms with Crippen molar-refractivity contribution in [1.82, 2.24) is 19.6 Å². The third kappa shape index (κ3) is 2.52. The Balaban J connectivity index is 1.71. The van der Waals surface area contributed by atoms with E-state index in [9.17, 15) is 14.7 Å². The zero-order valence-corrected chi connectivity index (χ0v) is 13.9. The number of piperidine rings is 1. The topological polar surface area (TPSA) is 78.7 Å². The first-order chi connectivity index (χ1) is 10.8. The summed E-state index contributed by atoms with van der Waals surface area (Å²) in [5.74, 6) is -1.48. The highest BCUT2D eigenvalue weighted by atomic mass is 16.4. The summed E-state index contributed by atoms with van der Waals surface area (Å²) in [5.41, 5.74) is 1.85. The van der Waals surface area contributed by atoms with Crippen LogP contribution < -0.4 is 0 Å². The predicted octanol–water partition coefficient (Wildman–Crippen LogP) is 0.626. The van der Waals surface area contributed by atoms with Gasteiger partial charge in [-0.1, -0.05) is 0 Å². The van der Waals surface area contributed by atoms with Crippen LogP contribution >= 0.6 is 0 Å². The number of hydrogen-bond donors (Lipinski definition) is 1. The van der Waals surface area contributed by atoms with Crippen molar-refractivity contribution >= 4 is 11.9 Å². The van der Waals surface area contributed by atoms with Gasteiger partial charge in [0.25, 0.3) is 0 Å². The number of carboxylic acids is 1. The molecule has 3 rings (SSSR count). The van der Waals surface area contributed by atoms with Gasteiger partial charge in [0.2, 0.25) is 5.91 Å². The minimum absolute atomic E-state index is 0.0473. The van der Waals surface area contributed by atoms with Gasteiger partial charge in [0, 0.05) is 51.4 Å². The van der Waals surface area contributed by atoms with Crippen molar-refractivity contribution < 1.29 is 14.7 Å². The number of nitrogens with zero attached hydrogens (tertiary/aromatic N) is 4. The molecular formula is C16H24N4O3. The summed E-state index contributed by atoms with van der Waals surface area (Å²) in [7, 11) is 3.69. The van der Waals surface area contributed by atoms with Gasteiger partial charge in [-0.25, -0.2) is 0 Å². The molecule has 1 amide bonds. The fourth-order valence-corrected chi connectivity index (χ4v) is 4.02. The Hall–Kier alpha value is -1.89. The molecule has 1 N–H and O–H groups in total. The van der Waals surface area contributed by atoms with Crippen LogP contribution in [0.25, 0.3) is 0 Å². The fraction of sp³-hybridized carbons (Fsp3) is 0.688. The number of carbonyl (C=O) groups excluding carboxylic acids is 1. The van der Waals surface area contributed by atoms with Gasteiger partial charge in [-0.3, -0.25) is 19.2 Å². The van der Waals surface area contributed by atoms with Gasteiger partial charge < -0.3 is 10.0 Å². The lowest BCUT2D eigenvalue weighted by Gasteiger charge is -2.45. The molecule has 3 heterocycles. The molecule has 23 heavy (non-hydrogen) atoms. The molecule has 0 saturated carbocycles. The van der Waals surface area contributed by atoms with E-state index in [1.54, 1.807) is 11.9 Å². The van der Waals surface area contributed by atoms with Crippen molar-refractivity contribution in [3.05, 3.63) is 17.5 Å². The zero-order chi connectivity index (χ0) is 16.8. The Morgan fingerprint density at radius 2 is 2.04 bits per heavy atom. The number of aryl methyl sites for hydroxylation is 1. The molecule has 1 atom stereocenters. The molecular weight excluding hydrogens is 296 g/mol. The molecule has 2 aliphatic heterocycles. The molecule has 0 aromatic carbocycles. The largest absolute Gasteiger partial charge is 0.481 e. The SMILES string of the molecule is Cc1c(CN2CCC3(CC2)[C@H](C(=O)O)CC(=O)N3C)cnn1C. The molecule has 2 aliphatic rings. The van der Waals surface area contributed by atoms with Gasteiger partial charge in [-0.2, -0.15) is 5.10 Å². The maximum Gasteiger partial charge on any atom is 0.309 e. The van der Waals surface area contributed by atoms with E-state index in [2.05, 4.69) is 16.9 Å². The van der Waals surface area contributed by atoms with Crippen molar-refractivity contribution in [3.8, 4) is 0 Å². The van der Waals surface area contributed by atoms with Gasteiger partial charge in [-0.15, -0.1) is 0 Å². The van der Waals surface area contributed by atoms with Gasteiger partial charge in [0.15, 0.2) is 0 Å². The van der Waals surface area contributed by atoms with Crippen molar-refractivity contribution in [2.75, 3.05) is 20.1 Å². The molecule has 1 aromatic rings. The number of aromatic nitrogens is 2. The molecule has 2 fully saturated rings. The lowest BCUT2D eigenvalue weighted by Crippen LogP contribution is -2.55. The van der Waals surface area contributed by atoms with Crippen molar-refractivity contribution in [2.45, 2.75) is 38.3 Å². The van der Waals surface area contributed by atoms with Crippen LogP contribution in [0.1, 0.15) is 30.5 Å². The third-order valence-corrected chi connectivity index (χ3v) is 5.82. The average Bonchev–Trinajstić information content (AvgIpc) is 2.96. The van der Waals surface area contributed by atoms with E-state index in [4.69, 9.17) is 0 Å². The van der Waals surface area contributed by atoms with Crippen molar-refractivity contribution in [2.24, 2.45) is 13.0 Å². The van der Waals surface area contributed by atoms with Crippen LogP contribution in [0.4, 0.5) is 0 Å². The molecule has 7 nitrogen and oxygen atoms in total. The summed E-state index contributed by atoms with van der Waals surface area (Å²) in [6.45, 7) is 4.48. The quantitative estimate of drug-likeness (QED) is 0.883. The average molecular weight is 320 g/mol. The molecule has 126 valence electrons. The summed E-state index contributed by atoms with van der Waals surface area (Å²) in [4.78, 5) is 27.6. The summed E-state index contributed by atoms with van der Waals surface area (Å²) < 4.78 is 1.87. The van der Waals surface area contributed by atoms with Gasteiger partial charge in [0.05, 0.1) is 17.7 Å². The number of likely N-dealkylation sites (tertiary alicyclic amines) is 2. The first-order valence-corrected chi connectivity index (χ1v) is 8.04. The lowest BCUT2D eigenvalue weighted by molar-refractivity contribution is -0.146. The molecule has 0 bridgehead atoms. The minimum atomic E-state index is -0.848. The van der Waals surface area contributed by atoms with Crippen LogP contribution in [-0.4, -0.2) is 62.2 Å². The predicted molar refractivity (Wildman–Crippen MR) is 83.7 cm³/mol. The van der Waals surface area contributed by atoms with E-state index >= 15 is 0 Å². The summed E-state index contributed by atoms with van der Waals surface area (Å²) in [6.07, 6.45) is 3.45. The first-order valence-electron chi connectivity index (χ1n) is 8.04. The van der Waals surface area contributed by atoms with Gasteiger partial charge in [0.1, 0.15) is 0 Å².